The van der Waals surface area contributed by atoms with Gasteiger partial charge in [0.25, 0.3) is 0 Å². The van der Waals surface area contributed by atoms with Gasteiger partial charge in [-0.05, 0) is 12.8 Å². The Hall–Kier alpha value is -0.280. The van der Waals surface area contributed by atoms with Crippen molar-refractivity contribution in [2.45, 2.75) is 283 Å². The zero-order valence-electron chi connectivity index (χ0n) is 38.8. The number of hydrogen-bond acceptors (Lipinski definition) is 7. The molecule has 348 valence electrons. The highest BCUT2D eigenvalue weighted by molar-refractivity contribution is 4.53. The molecule has 0 aromatic rings. The first kappa shape index (κ1) is 61.0. The minimum absolute atomic E-state index is 0.365. The normalized spacial score (nSPS) is 11.3. The van der Waals surface area contributed by atoms with Crippen molar-refractivity contribution in [1.29, 1.82) is 0 Å². The molecule has 7 nitrogen and oxygen atoms in total. The third kappa shape index (κ3) is 65.0. The number of rotatable bonds is 46. The summed E-state index contributed by atoms with van der Waals surface area (Å²) in [6.45, 7) is 5.15. The van der Waals surface area contributed by atoms with Crippen molar-refractivity contribution in [2.24, 2.45) is 0 Å². The minimum atomic E-state index is -0.954. The molecule has 0 aromatic heterocycles. The van der Waals surface area contributed by atoms with Crippen LogP contribution >= 0.6 is 0 Å². The molecule has 0 aliphatic carbocycles. The Labute approximate surface area is 357 Å². The topological polar surface area (TPSA) is 131 Å². The van der Waals surface area contributed by atoms with Gasteiger partial charge in [-0.2, -0.15) is 0 Å². The van der Waals surface area contributed by atoms with Gasteiger partial charge < -0.3 is 35.4 Å². The highest BCUT2D eigenvalue weighted by Gasteiger charge is 1.99. The van der Waals surface area contributed by atoms with E-state index in [4.69, 9.17) is 35.4 Å². The standard InChI is InChI=1S/C44H90O.2C3H8O3/c1-3-5-7-9-11-13-15-17-19-21-23-25-27-29-31-33-35-37-39-41-43-45-44-42-40-38-36-34-32-30-28-26-24-22-20-18-16-14-12-10-8-6-4-2;2*4-1-3(6)2-5/h3-44H2,1-2H3;2*3-6H,1-2H2. The van der Waals surface area contributed by atoms with Crippen LogP contribution in [0.2, 0.25) is 0 Å². The molecule has 0 atom stereocenters. The Morgan fingerprint density at radius 3 is 0.509 bits per heavy atom. The zero-order valence-corrected chi connectivity index (χ0v) is 38.8. The lowest BCUT2D eigenvalue weighted by Gasteiger charge is -2.06. The Bertz CT molecular complexity index is 578. The fraction of sp³-hybridized carbons (Fsp3) is 1.00. The Morgan fingerprint density at radius 1 is 0.246 bits per heavy atom. The molecule has 7 heteroatoms. The third-order valence-electron chi connectivity index (χ3n) is 11.1. The van der Waals surface area contributed by atoms with Gasteiger partial charge in [0.15, 0.2) is 0 Å². The van der Waals surface area contributed by atoms with Gasteiger partial charge in [-0.15, -0.1) is 0 Å². The summed E-state index contributed by atoms with van der Waals surface area (Å²) in [6, 6.07) is 0. The van der Waals surface area contributed by atoms with Gasteiger partial charge in [0, 0.05) is 13.2 Å². The summed E-state index contributed by atoms with van der Waals surface area (Å²) < 4.78 is 5.91. The van der Waals surface area contributed by atoms with E-state index >= 15 is 0 Å². The van der Waals surface area contributed by atoms with Crippen LogP contribution in [0.25, 0.3) is 0 Å². The number of aliphatic hydroxyl groups excluding tert-OH is 6. The number of unbranched alkanes of at least 4 members (excludes halogenated alkanes) is 38. The van der Waals surface area contributed by atoms with E-state index in [0.717, 1.165) is 13.2 Å². The average molecular weight is 819 g/mol. The fourth-order valence-electron chi connectivity index (χ4n) is 7.14. The van der Waals surface area contributed by atoms with Crippen LogP contribution in [0, 0.1) is 0 Å². The van der Waals surface area contributed by atoms with Gasteiger partial charge in [0.2, 0.25) is 0 Å². The van der Waals surface area contributed by atoms with Crippen LogP contribution in [-0.2, 0) is 4.74 Å². The van der Waals surface area contributed by atoms with Gasteiger partial charge in [0.05, 0.1) is 26.4 Å². The molecule has 0 aliphatic heterocycles. The maximum Gasteiger partial charge on any atom is 0.100 e. The predicted molar refractivity (Wildman–Crippen MR) is 247 cm³/mol. The Morgan fingerprint density at radius 2 is 0.386 bits per heavy atom. The summed E-state index contributed by atoms with van der Waals surface area (Å²) in [5, 5.41) is 48.0. The molecule has 0 rings (SSSR count). The molecule has 0 saturated carbocycles. The van der Waals surface area contributed by atoms with Crippen molar-refractivity contribution in [2.75, 3.05) is 39.6 Å². The van der Waals surface area contributed by atoms with Gasteiger partial charge in [-0.25, -0.2) is 0 Å². The molecule has 0 unspecified atom stereocenters. The smallest absolute Gasteiger partial charge is 0.100 e. The van der Waals surface area contributed by atoms with Crippen molar-refractivity contribution >= 4 is 0 Å². The molecule has 6 N–H and O–H groups in total. The van der Waals surface area contributed by atoms with E-state index in [-0.39, 0.29) is 26.4 Å². The Kier molecular flexibility index (Phi) is 64.3. The van der Waals surface area contributed by atoms with Crippen LogP contribution in [0.1, 0.15) is 271 Å². The van der Waals surface area contributed by atoms with Crippen molar-refractivity contribution < 1.29 is 35.4 Å². The van der Waals surface area contributed by atoms with Crippen LogP contribution in [-0.4, -0.2) is 82.5 Å². The van der Waals surface area contributed by atoms with E-state index in [1.165, 1.54) is 257 Å². The number of ether oxygens (including phenoxy) is 1. The summed E-state index contributed by atoms with van der Waals surface area (Å²) in [4.78, 5) is 0. The predicted octanol–water partition coefficient (Wildman–Crippen LogP) is 13.3. The van der Waals surface area contributed by atoms with Gasteiger partial charge in [-0.1, -0.05) is 258 Å². The van der Waals surface area contributed by atoms with E-state index in [9.17, 15) is 0 Å². The lowest BCUT2D eigenvalue weighted by Crippen LogP contribution is -2.15. The summed E-state index contributed by atoms with van der Waals surface area (Å²) in [5.41, 5.74) is 0. The lowest BCUT2D eigenvalue weighted by molar-refractivity contribution is 0.0450. The summed E-state index contributed by atoms with van der Waals surface area (Å²) in [6.07, 6.45) is 56.1. The van der Waals surface area contributed by atoms with Crippen LogP contribution in [0.3, 0.4) is 0 Å². The maximum atomic E-state index is 8.17. The second kappa shape index (κ2) is 60.0. The summed E-state index contributed by atoms with van der Waals surface area (Å²) in [5.74, 6) is 0. The zero-order chi connectivity index (χ0) is 42.4. The largest absolute Gasteiger partial charge is 0.394 e. The highest BCUT2D eigenvalue weighted by atomic mass is 16.5. The van der Waals surface area contributed by atoms with Crippen molar-refractivity contribution in [3.05, 3.63) is 0 Å². The monoisotopic (exact) mass is 819 g/mol. The lowest BCUT2D eigenvalue weighted by atomic mass is 10.0. The van der Waals surface area contributed by atoms with Gasteiger partial charge in [-0.3, -0.25) is 0 Å². The first-order chi connectivity index (χ1) is 28.0. The van der Waals surface area contributed by atoms with Crippen molar-refractivity contribution in [3.63, 3.8) is 0 Å². The summed E-state index contributed by atoms with van der Waals surface area (Å²) in [7, 11) is 0. The third-order valence-corrected chi connectivity index (χ3v) is 11.1. The molecule has 0 aliphatic rings. The van der Waals surface area contributed by atoms with E-state index in [0.29, 0.717) is 0 Å². The molecule has 0 amide bonds. The molecule has 0 aromatic carbocycles. The average Bonchev–Trinajstić information content (AvgIpc) is 3.24. The first-order valence-corrected chi connectivity index (χ1v) is 25.4. The molecule has 0 saturated heterocycles. The highest BCUT2D eigenvalue weighted by Crippen LogP contribution is 2.17. The van der Waals surface area contributed by atoms with E-state index in [1.807, 2.05) is 0 Å². The van der Waals surface area contributed by atoms with Crippen LogP contribution in [0.15, 0.2) is 0 Å². The molecular weight excluding hydrogens is 713 g/mol. The fourth-order valence-corrected chi connectivity index (χ4v) is 7.14. The molecule has 0 heterocycles. The van der Waals surface area contributed by atoms with Gasteiger partial charge >= 0.3 is 0 Å². The van der Waals surface area contributed by atoms with E-state index in [1.54, 1.807) is 0 Å². The second-order valence-electron chi connectivity index (χ2n) is 17.1. The van der Waals surface area contributed by atoms with Crippen LogP contribution in [0.5, 0.6) is 0 Å². The number of hydrogen-bond donors (Lipinski definition) is 6. The summed E-state index contributed by atoms with van der Waals surface area (Å²) >= 11 is 0. The molecule has 57 heavy (non-hydrogen) atoms. The maximum absolute atomic E-state index is 8.17. The van der Waals surface area contributed by atoms with Gasteiger partial charge in [0.1, 0.15) is 12.2 Å². The van der Waals surface area contributed by atoms with E-state index < -0.39 is 12.2 Å². The minimum Gasteiger partial charge on any atom is -0.394 e. The first-order valence-electron chi connectivity index (χ1n) is 25.4. The quantitative estimate of drug-likeness (QED) is 0.0337. The van der Waals surface area contributed by atoms with Crippen LogP contribution < -0.4 is 0 Å². The second-order valence-corrected chi connectivity index (χ2v) is 17.1. The van der Waals surface area contributed by atoms with E-state index in [2.05, 4.69) is 13.8 Å². The molecule has 0 spiro atoms. The Balaban J connectivity index is -0.00000209. The van der Waals surface area contributed by atoms with Crippen molar-refractivity contribution in [3.8, 4) is 0 Å². The molecule has 0 fully saturated rings. The molecule has 0 radical (unpaired) electrons. The van der Waals surface area contributed by atoms with Crippen molar-refractivity contribution in [1.82, 2.24) is 0 Å². The molecule has 0 bridgehead atoms. The SMILES string of the molecule is CCCCCCCCCCCCCCCCCCCCCCOCCCCCCCCCCCCCCCCCCCCCC.OCC(O)CO.OCC(O)CO. The molecular formula is C50H106O7. The van der Waals surface area contributed by atoms with Crippen LogP contribution in [0.4, 0.5) is 0 Å². The number of aliphatic hydroxyl groups is 6.